The van der Waals surface area contributed by atoms with E-state index in [1.807, 2.05) is 11.8 Å². The monoisotopic (exact) mass is 348 g/mol. The molecule has 0 bridgehead atoms. The van der Waals surface area contributed by atoms with Crippen LogP contribution < -0.4 is 5.32 Å². The molecule has 1 N–H and O–H groups in total. The van der Waals surface area contributed by atoms with E-state index in [0.717, 1.165) is 19.0 Å². The Kier molecular flexibility index (Phi) is 8.43. The molecule has 2 fully saturated rings. The number of hydrogen-bond acceptors (Lipinski definition) is 3. The number of rotatable bonds is 4. The summed E-state index contributed by atoms with van der Waals surface area (Å²) in [7, 11) is 0. The van der Waals surface area contributed by atoms with E-state index in [2.05, 4.69) is 40.7 Å². The van der Waals surface area contributed by atoms with Crippen molar-refractivity contribution in [2.75, 3.05) is 32.4 Å². The molecule has 1 saturated carbocycles. The maximum absolute atomic E-state index is 3.47. The van der Waals surface area contributed by atoms with Gasteiger partial charge in [0.25, 0.3) is 0 Å². The number of hydrogen-bond donors (Lipinski definition) is 1. The second-order valence-corrected chi connectivity index (χ2v) is 6.57. The van der Waals surface area contributed by atoms with Crippen molar-refractivity contribution in [2.45, 2.75) is 30.2 Å². The zero-order valence-corrected chi connectivity index (χ0v) is 15.0. The molecule has 1 atom stereocenters. The molecule has 2 nitrogen and oxygen atoms in total. The maximum atomic E-state index is 3.47. The van der Waals surface area contributed by atoms with E-state index in [-0.39, 0.29) is 24.8 Å². The fourth-order valence-electron chi connectivity index (χ4n) is 3.30. The van der Waals surface area contributed by atoms with Gasteiger partial charge >= 0.3 is 0 Å². The Morgan fingerprint density at radius 1 is 1.10 bits per heavy atom. The second-order valence-electron chi connectivity index (χ2n) is 5.69. The minimum absolute atomic E-state index is 0. The summed E-state index contributed by atoms with van der Waals surface area (Å²) in [4.78, 5) is 4.07. The quantitative estimate of drug-likeness (QED) is 0.828. The van der Waals surface area contributed by atoms with Gasteiger partial charge in [-0.15, -0.1) is 36.6 Å². The molecule has 1 aromatic carbocycles. The molecule has 0 radical (unpaired) electrons. The summed E-state index contributed by atoms with van der Waals surface area (Å²) in [5.74, 6) is 0.887. The molecule has 5 heteroatoms. The Labute approximate surface area is 145 Å². The average molecular weight is 349 g/mol. The molecule has 0 spiro atoms. The number of piperazine rings is 1. The van der Waals surface area contributed by atoms with Crippen LogP contribution in [0.25, 0.3) is 0 Å². The van der Waals surface area contributed by atoms with Crippen LogP contribution in [0.3, 0.4) is 0 Å². The minimum Gasteiger partial charge on any atom is -0.314 e. The van der Waals surface area contributed by atoms with E-state index < -0.39 is 0 Å². The molecule has 0 aromatic heterocycles. The average Bonchev–Trinajstić information content (AvgIpc) is 2.44. The van der Waals surface area contributed by atoms with Crippen molar-refractivity contribution < 1.29 is 0 Å². The molecule has 1 aromatic rings. The van der Waals surface area contributed by atoms with E-state index >= 15 is 0 Å². The van der Waals surface area contributed by atoms with Gasteiger partial charge < -0.3 is 5.32 Å². The zero-order chi connectivity index (χ0) is 13.1. The summed E-state index contributed by atoms with van der Waals surface area (Å²) < 4.78 is 0. The van der Waals surface area contributed by atoms with Crippen LogP contribution >= 0.6 is 36.6 Å². The minimum atomic E-state index is 0. The van der Waals surface area contributed by atoms with Gasteiger partial charge in [-0.25, -0.2) is 0 Å². The Morgan fingerprint density at radius 3 is 2.19 bits per heavy atom. The standard InChI is InChI=1S/C16H24N2S.2ClH/c1-19-15-7-5-14(6-8-15)16(13-3-2-4-13)18-11-9-17-10-12-18;;/h5-8,13,16-17H,2-4,9-12H2,1H3;2*1H/t16-;;/m0../s1. The van der Waals surface area contributed by atoms with Gasteiger partial charge in [-0.3, -0.25) is 4.90 Å². The highest BCUT2D eigenvalue weighted by Crippen LogP contribution is 2.41. The first-order valence-corrected chi connectivity index (χ1v) is 8.69. The Balaban J connectivity index is 0.00000110. The van der Waals surface area contributed by atoms with Crippen molar-refractivity contribution in [3.63, 3.8) is 0 Å². The molecule has 21 heavy (non-hydrogen) atoms. The van der Waals surface area contributed by atoms with Crippen molar-refractivity contribution in [2.24, 2.45) is 5.92 Å². The van der Waals surface area contributed by atoms with Gasteiger partial charge in [-0.1, -0.05) is 18.6 Å². The van der Waals surface area contributed by atoms with Crippen molar-refractivity contribution >= 4 is 36.6 Å². The highest BCUT2D eigenvalue weighted by atomic mass is 35.5. The fraction of sp³-hybridized carbons (Fsp3) is 0.625. The Bertz CT molecular complexity index is 403. The first-order valence-electron chi connectivity index (χ1n) is 7.47. The predicted molar refractivity (Wildman–Crippen MR) is 97.2 cm³/mol. The highest BCUT2D eigenvalue weighted by molar-refractivity contribution is 7.98. The van der Waals surface area contributed by atoms with Crippen LogP contribution in [0.5, 0.6) is 0 Å². The molecule has 0 unspecified atom stereocenters. The lowest BCUT2D eigenvalue weighted by atomic mass is 9.76. The number of benzene rings is 1. The van der Waals surface area contributed by atoms with E-state index in [9.17, 15) is 0 Å². The lowest BCUT2D eigenvalue weighted by molar-refractivity contribution is 0.0837. The van der Waals surface area contributed by atoms with Gasteiger partial charge in [-0.2, -0.15) is 0 Å². The van der Waals surface area contributed by atoms with E-state index in [4.69, 9.17) is 0 Å². The Hall–Kier alpha value is 0.0700. The number of nitrogens with zero attached hydrogens (tertiary/aromatic N) is 1. The summed E-state index contributed by atoms with van der Waals surface area (Å²) in [6, 6.07) is 9.95. The van der Waals surface area contributed by atoms with Crippen molar-refractivity contribution in [1.82, 2.24) is 10.2 Å². The van der Waals surface area contributed by atoms with Crippen LogP contribution in [-0.2, 0) is 0 Å². The number of nitrogens with one attached hydrogen (secondary N) is 1. The molecule has 1 aliphatic carbocycles. The highest BCUT2D eigenvalue weighted by Gasteiger charge is 2.33. The summed E-state index contributed by atoms with van der Waals surface area (Å²) in [6.45, 7) is 4.69. The van der Waals surface area contributed by atoms with Crippen molar-refractivity contribution in [3.05, 3.63) is 29.8 Å². The normalized spacial score (nSPS) is 20.8. The fourth-order valence-corrected chi connectivity index (χ4v) is 3.71. The van der Waals surface area contributed by atoms with Gasteiger partial charge in [0.2, 0.25) is 0 Å². The molecule has 120 valence electrons. The van der Waals surface area contributed by atoms with Gasteiger partial charge in [0.15, 0.2) is 0 Å². The molecule has 1 heterocycles. The van der Waals surface area contributed by atoms with E-state index in [0.29, 0.717) is 6.04 Å². The SMILES string of the molecule is CSc1ccc([C@H](C2CCC2)N2CCNCC2)cc1.Cl.Cl. The van der Waals surface area contributed by atoms with Crippen LogP contribution in [-0.4, -0.2) is 37.3 Å². The molecule has 2 aliphatic rings. The van der Waals surface area contributed by atoms with Crippen LogP contribution in [0.15, 0.2) is 29.2 Å². The molecule has 0 amide bonds. The topological polar surface area (TPSA) is 15.3 Å². The second kappa shape index (κ2) is 9.26. The van der Waals surface area contributed by atoms with E-state index in [1.165, 1.54) is 42.8 Å². The third-order valence-electron chi connectivity index (χ3n) is 4.60. The molecule has 1 saturated heterocycles. The lowest BCUT2D eigenvalue weighted by Crippen LogP contribution is -2.47. The van der Waals surface area contributed by atoms with Crippen LogP contribution in [0.1, 0.15) is 30.9 Å². The molecular weight excluding hydrogens is 323 g/mol. The lowest BCUT2D eigenvalue weighted by Gasteiger charge is -2.43. The summed E-state index contributed by atoms with van der Waals surface area (Å²) in [6.07, 6.45) is 6.41. The van der Waals surface area contributed by atoms with Crippen LogP contribution in [0, 0.1) is 5.92 Å². The summed E-state index contributed by atoms with van der Waals surface area (Å²) >= 11 is 1.83. The third-order valence-corrected chi connectivity index (χ3v) is 5.34. The van der Waals surface area contributed by atoms with Crippen molar-refractivity contribution in [3.8, 4) is 0 Å². The third kappa shape index (κ3) is 4.52. The van der Waals surface area contributed by atoms with Crippen LogP contribution in [0.4, 0.5) is 0 Å². The zero-order valence-electron chi connectivity index (χ0n) is 12.6. The van der Waals surface area contributed by atoms with Gasteiger partial charge in [0, 0.05) is 37.1 Å². The summed E-state index contributed by atoms with van der Waals surface area (Å²) in [5.41, 5.74) is 1.53. The molecule has 3 rings (SSSR count). The van der Waals surface area contributed by atoms with Gasteiger partial charge in [0.1, 0.15) is 0 Å². The van der Waals surface area contributed by atoms with Crippen LogP contribution in [0.2, 0.25) is 0 Å². The molecule has 1 aliphatic heterocycles. The number of thioether (sulfide) groups is 1. The predicted octanol–water partition coefficient (Wildman–Crippen LogP) is 4.00. The maximum Gasteiger partial charge on any atom is 0.0377 e. The van der Waals surface area contributed by atoms with E-state index in [1.54, 1.807) is 0 Å². The largest absolute Gasteiger partial charge is 0.314 e. The first kappa shape index (κ1) is 19.1. The first-order chi connectivity index (χ1) is 9.38. The summed E-state index contributed by atoms with van der Waals surface area (Å²) in [5, 5.41) is 3.47. The smallest absolute Gasteiger partial charge is 0.0377 e. The van der Waals surface area contributed by atoms with Crippen molar-refractivity contribution in [1.29, 1.82) is 0 Å². The molecular formula is C16H26Cl2N2S. The van der Waals surface area contributed by atoms with Gasteiger partial charge in [-0.05, 0) is 42.7 Å². The van der Waals surface area contributed by atoms with Gasteiger partial charge in [0.05, 0.1) is 0 Å². The number of halogens is 2. The Morgan fingerprint density at radius 2 is 1.71 bits per heavy atom.